The highest BCUT2D eigenvalue weighted by Crippen LogP contribution is 2.39. The quantitative estimate of drug-likeness (QED) is 0.435. The van der Waals surface area contributed by atoms with Crippen LogP contribution >= 0.6 is 11.3 Å². The number of nitrogens with zero attached hydrogens (tertiary/aromatic N) is 4. The van der Waals surface area contributed by atoms with E-state index < -0.39 is 0 Å². The molecule has 2 aromatic carbocycles. The molecule has 1 fully saturated rings. The molecule has 0 bridgehead atoms. The van der Waals surface area contributed by atoms with Gasteiger partial charge in [0, 0.05) is 36.1 Å². The summed E-state index contributed by atoms with van der Waals surface area (Å²) < 4.78 is 27.1. The van der Waals surface area contributed by atoms with Gasteiger partial charge in [-0.2, -0.15) is 0 Å². The molecule has 7 nitrogen and oxygen atoms in total. The maximum absolute atomic E-state index is 14.0. The SMILES string of the molecule is Cc1nc(C(=O)N2CCC(n3c(-c4ccc5c(c4)OCO5)nc4cc(F)ccc43)CC2)cs1. The molecule has 0 atom stereocenters. The molecule has 0 N–H and O–H groups in total. The van der Waals surface area contributed by atoms with E-state index in [2.05, 4.69) is 9.55 Å². The molecule has 33 heavy (non-hydrogen) atoms. The summed E-state index contributed by atoms with van der Waals surface area (Å²) in [5, 5.41) is 2.71. The fourth-order valence-corrected chi connectivity index (χ4v) is 5.22. The largest absolute Gasteiger partial charge is 0.454 e. The summed E-state index contributed by atoms with van der Waals surface area (Å²) in [6.07, 6.45) is 1.55. The Kier molecular flexibility index (Phi) is 4.79. The second-order valence-corrected chi connectivity index (χ2v) is 9.34. The Morgan fingerprint density at radius 1 is 1.09 bits per heavy atom. The van der Waals surface area contributed by atoms with E-state index in [-0.39, 0.29) is 24.6 Å². The average Bonchev–Trinajstić information content (AvgIpc) is 3.56. The summed E-state index contributed by atoms with van der Waals surface area (Å²) in [6.45, 7) is 3.35. The molecule has 2 aliphatic heterocycles. The van der Waals surface area contributed by atoms with E-state index >= 15 is 0 Å². The summed E-state index contributed by atoms with van der Waals surface area (Å²) in [4.78, 5) is 23.8. The molecule has 168 valence electrons. The van der Waals surface area contributed by atoms with E-state index in [9.17, 15) is 9.18 Å². The Hall–Kier alpha value is -3.46. The van der Waals surface area contributed by atoms with Crippen LogP contribution in [0.25, 0.3) is 22.4 Å². The second kappa shape index (κ2) is 7.84. The topological polar surface area (TPSA) is 69.5 Å². The lowest BCUT2D eigenvalue weighted by atomic mass is 10.0. The lowest BCUT2D eigenvalue weighted by Gasteiger charge is -2.33. The number of fused-ring (bicyclic) bond motifs is 2. The van der Waals surface area contributed by atoms with Crippen LogP contribution in [0.1, 0.15) is 34.4 Å². The zero-order valence-electron chi connectivity index (χ0n) is 18.0. The number of aromatic nitrogens is 3. The molecule has 4 heterocycles. The minimum absolute atomic E-state index is 0.0219. The summed E-state index contributed by atoms with van der Waals surface area (Å²) in [5.74, 6) is 1.80. The maximum atomic E-state index is 14.0. The van der Waals surface area contributed by atoms with Crippen molar-refractivity contribution in [3.8, 4) is 22.9 Å². The number of hydrogen-bond acceptors (Lipinski definition) is 6. The Labute approximate surface area is 193 Å². The van der Waals surface area contributed by atoms with Crippen LogP contribution in [0, 0.1) is 12.7 Å². The fourth-order valence-electron chi connectivity index (χ4n) is 4.63. The van der Waals surface area contributed by atoms with Crippen LogP contribution in [0.15, 0.2) is 41.8 Å². The van der Waals surface area contributed by atoms with Crippen molar-refractivity contribution in [1.29, 1.82) is 0 Å². The molecule has 1 amide bonds. The monoisotopic (exact) mass is 464 g/mol. The molecule has 0 unspecified atom stereocenters. The van der Waals surface area contributed by atoms with Crippen molar-refractivity contribution in [2.45, 2.75) is 25.8 Å². The highest BCUT2D eigenvalue weighted by atomic mass is 32.1. The molecule has 1 saturated heterocycles. The summed E-state index contributed by atoms with van der Waals surface area (Å²) >= 11 is 1.49. The summed E-state index contributed by atoms with van der Waals surface area (Å²) in [6, 6.07) is 10.6. The van der Waals surface area contributed by atoms with Crippen molar-refractivity contribution >= 4 is 28.3 Å². The number of aryl methyl sites for hydroxylation is 1. The number of rotatable bonds is 3. The second-order valence-electron chi connectivity index (χ2n) is 8.28. The van der Waals surface area contributed by atoms with Gasteiger partial charge in [-0.25, -0.2) is 14.4 Å². The Balaban J connectivity index is 1.34. The van der Waals surface area contributed by atoms with Crippen LogP contribution in [0.5, 0.6) is 11.5 Å². The van der Waals surface area contributed by atoms with Gasteiger partial charge in [0.2, 0.25) is 6.79 Å². The molecule has 2 aromatic heterocycles. The molecule has 4 aromatic rings. The van der Waals surface area contributed by atoms with Gasteiger partial charge in [0.15, 0.2) is 11.5 Å². The van der Waals surface area contributed by atoms with E-state index in [1.54, 1.807) is 6.07 Å². The van der Waals surface area contributed by atoms with Gasteiger partial charge in [-0.15, -0.1) is 11.3 Å². The number of carbonyl (C=O) groups is 1. The van der Waals surface area contributed by atoms with Crippen molar-refractivity contribution in [2.24, 2.45) is 0 Å². The first kappa shape index (κ1) is 20.2. The van der Waals surface area contributed by atoms with E-state index in [1.807, 2.05) is 35.4 Å². The number of carbonyl (C=O) groups excluding carboxylic acids is 1. The lowest BCUT2D eigenvalue weighted by molar-refractivity contribution is 0.0691. The number of hydrogen-bond donors (Lipinski definition) is 0. The van der Waals surface area contributed by atoms with Crippen LogP contribution in [0.2, 0.25) is 0 Å². The first-order chi connectivity index (χ1) is 16.1. The van der Waals surface area contributed by atoms with Crippen molar-refractivity contribution < 1.29 is 18.7 Å². The standard InChI is InChI=1S/C24H21FN4O3S/c1-14-26-19(12-33-14)24(30)28-8-6-17(7-9-28)29-20-4-3-16(25)11-18(20)27-23(29)15-2-5-21-22(10-15)32-13-31-21/h2-5,10-12,17H,6-9,13H2,1H3. The third kappa shape index (κ3) is 3.52. The fraction of sp³-hybridized carbons (Fsp3) is 0.292. The van der Waals surface area contributed by atoms with E-state index in [0.29, 0.717) is 35.8 Å². The van der Waals surface area contributed by atoms with Crippen molar-refractivity contribution in [1.82, 2.24) is 19.4 Å². The van der Waals surface area contributed by atoms with E-state index in [4.69, 9.17) is 14.5 Å². The minimum Gasteiger partial charge on any atom is -0.454 e. The first-order valence-corrected chi connectivity index (χ1v) is 11.7. The van der Waals surface area contributed by atoms with E-state index in [0.717, 1.165) is 34.8 Å². The number of amides is 1. The minimum atomic E-state index is -0.316. The molecular weight excluding hydrogens is 443 g/mol. The Bertz CT molecular complexity index is 1370. The third-order valence-corrected chi connectivity index (χ3v) is 7.01. The van der Waals surface area contributed by atoms with Gasteiger partial charge in [0.05, 0.1) is 16.0 Å². The molecule has 0 saturated carbocycles. The first-order valence-electron chi connectivity index (χ1n) is 10.9. The molecule has 6 rings (SSSR count). The van der Waals surface area contributed by atoms with Gasteiger partial charge in [-0.05, 0) is 50.1 Å². The zero-order chi connectivity index (χ0) is 22.5. The Morgan fingerprint density at radius 3 is 2.70 bits per heavy atom. The molecule has 2 aliphatic rings. The predicted molar refractivity (Wildman–Crippen MR) is 122 cm³/mol. The van der Waals surface area contributed by atoms with Gasteiger partial charge in [0.1, 0.15) is 17.3 Å². The molecule has 0 spiro atoms. The third-order valence-electron chi connectivity index (χ3n) is 6.24. The van der Waals surface area contributed by atoms with Gasteiger partial charge in [-0.3, -0.25) is 4.79 Å². The van der Waals surface area contributed by atoms with E-state index in [1.165, 1.54) is 23.5 Å². The van der Waals surface area contributed by atoms with Crippen molar-refractivity contribution in [2.75, 3.05) is 19.9 Å². The molecule has 0 radical (unpaired) electrons. The molecular formula is C24H21FN4O3S. The van der Waals surface area contributed by atoms with Crippen LogP contribution in [-0.4, -0.2) is 45.2 Å². The highest BCUT2D eigenvalue weighted by molar-refractivity contribution is 7.09. The molecule has 0 aliphatic carbocycles. The van der Waals surface area contributed by atoms with Crippen LogP contribution in [0.4, 0.5) is 4.39 Å². The van der Waals surface area contributed by atoms with Gasteiger partial charge in [-0.1, -0.05) is 0 Å². The number of piperidine rings is 1. The summed E-state index contributed by atoms with van der Waals surface area (Å²) in [7, 11) is 0. The number of thiazole rings is 1. The van der Waals surface area contributed by atoms with Crippen LogP contribution < -0.4 is 9.47 Å². The normalized spacial score (nSPS) is 16.0. The zero-order valence-corrected chi connectivity index (χ0v) is 18.8. The van der Waals surface area contributed by atoms with Crippen LogP contribution in [0.3, 0.4) is 0 Å². The smallest absolute Gasteiger partial charge is 0.273 e. The van der Waals surface area contributed by atoms with Gasteiger partial charge in [0.25, 0.3) is 5.91 Å². The predicted octanol–water partition coefficient (Wildman–Crippen LogP) is 4.81. The summed E-state index contributed by atoms with van der Waals surface area (Å²) in [5.41, 5.74) is 2.89. The maximum Gasteiger partial charge on any atom is 0.273 e. The van der Waals surface area contributed by atoms with Gasteiger partial charge < -0.3 is 18.9 Å². The average molecular weight is 465 g/mol. The number of halogens is 1. The number of ether oxygens (including phenoxy) is 2. The highest BCUT2D eigenvalue weighted by Gasteiger charge is 2.29. The van der Waals surface area contributed by atoms with Gasteiger partial charge >= 0.3 is 0 Å². The molecule has 9 heteroatoms. The number of likely N-dealkylation sites (tertiary alicyclic amines) is 1. The van der Waals surface area contributed by atoms with Crippen LogP contribution in [-0.2, 0) is 0 Å². The number of imidazole rings is 1. The number of benzene rings is 2. The lowest BCUT2D eigenvalue weighted by Crippen LogP contribution is -2.39. The Morgan fingerprint density at radius 2 is 1.91 bits per heavy atom. The van der Waals surface area contributed by atoms with Crippen molar-refractivity contribution in [3.63, 3.8) is 0 Å². The van der Waals surface area contributed by atoms with Crippen molar-refractivity contribution in [3.05, 3.63) is 58.3 Å².